The first-order chi connectivity index (χ1) is 11.9. The van der Waals surface area contributed by atoms with E-state index >= 15 is 0 Å². The predicted molar refractivity (Wildman–Crippen MR) is 93.2 cm³/mol. The number of carbonyl (C=O) groups excluding carboxylic acids is 1. The number of aliphatic carboxylic acids is 2. The molecule has 0 amide bonds. The maximum absolute atomic E-state index is 12.1. The monoisotopic (exact) mass is 371 g/mol. The van der Waals surface area contributed by atoms with Gasteiger partial charge in [0, 0.05) is 12.5 Å². The van der Waals surface area contributed by atoms with E-state index in [4.69, 9.17) is 9.84 Å². The molecular formula is C18H29NO7. The summed E-state index contributed by atoms with van der Waals surface area (Å²) >= 11 is 0. The minimum atomic E-state index is -1.34. The highest BCUT2D eigenvalue weighted by Gasteiger charge is 2.49. The minimum Gasteiger partial charge on any atom is -0.481 e. The number of hydrogen-bond acceptors (Lipinski definition) is 6. The van der Waals surface area contributed by atoms with Crippen molar-refractivity contribution in [3.8, 4) is 0 Å². The van der Waals surface area contributed by atoms with Crippen LogP contribution in [0.5, 0.6) is 0 Å². The standard InChI is InChI=1S/C18H29NO7/c1-6-18(4,5)17(25)26-9-13(20)19-8-12(10(2)3)11(7-14(21)22)15(19)16(23)24/h11-13,15,20H,2,6-9H2,1,3-5H3,(H,21,22)(H,23,24). The van der Waals surface area contributed by atoms with E-state index in [0.29, 0.717) is 12.0 Å². The molecule has 8 heteroatoms. The largest absolute Gasteiger partial charge is 0.481 e. The van der Waals surface area contributed by atoms with Crippen molar-refractivity contribution >= 4 is 17.9 Å². The predicted octanol–water partition coefficient (Wildman–Crippen LogP) is 1.34. The Morgan fingerprint density at radius 2 is 1.88 bits per heavy atom. The van der Waals surface area contributed by atoms with Crippen LogP contribution in [0.15, 0.2) is 12.2 Å². The third kappa shape index (κ3) is 5.04. The van der Waals surface area contributed by atoms with E-state index in [1.807, 2.05) is 6.92 Å². The normalized spacial score (nSPS) is 24.9. The lowest BCUT2D eigenvalue weighted by Crippen LogP contribution is -2.48. The average molecular weight is 371 g/mol. The molecule has 0 aliphatic carbocycles. The van der Waals surface area contributed by atoms with E-state index in [1.165, 1.54) is 4.90 Å². The molecule has 1 saturated heterocycles. The van der Waals surface area contributed by atoms with Gasteiger partial charge in [-0.3, -0.25) is 19.3 Å². The van der Waals surface area contributed by atoms with Gasteiger partial charge in [-0.15, -0.1) is 0 Å². The van der Waals surface area contributed by atoms with Gasteiger partial charge < -0.3 is 20.1 Å². The summed E-state index contributed by atoms with van der Waals surface area (Å²) in [6.45, 7) is 10.6. The van der Waals surface area contributed by atoms with Gasteiger partial charge in [0.2, 0.25) is 0 Å². The van der Waals surface area contributed by atoms with Crippen LogP contribution in [0.4, 0.5) is 0 Å². The Hall–Kier alpha value is -1.93. The molecule has 4 unspecified atom stereocenters. The number of carbonyl (C=O) groups is 3. The summed E-state index contributed by atoms with van der Waals surface area (Å²) in [4.78, 5) is 36.2. The lowest BCUT2D eigenvalue weighted by Gasteiger charge is -2.29. The molecule has 1 aliphatic heterocycles. The number of hydrogen-bond donors (Lipinski definition) is 3. The van der Waals surface area contributed by atoms with Gasteiger partial charge in [-0.1, -0.05) is 19.1 Å². The zero-order chi connectivity index (χ0) is 20.2. The van der Waals surface area contributed by atoms with E-state index in [1.54, 1.807) is 20.8 Å². The van der Waals surface area contributed by atoms with E-state index < -0.39 is 41.5 Å². The van der Waals surface area contributed by atoms with Crippen LogP contribution in [0.2, 0.25) is 0 Å². The molecule has 0 saturated carbocycles. The summed E-state index contributed by atoms with van der Waals surface area (Å²) in [7, 11) is 0. The smallest absolute Gasteiger partial charge is 0.321 e. The summed E-state index contributed by atoms with van der Waals surface area (Å²) in [6.07, 6.45) is -1.13. The quantitative estimate of drug-likeness (QED) is 0.410. The van der Waals surface area contributed by atoms with Gasteiger partial charge in [0.25, 0.3) is 0 Å². The molecule has 0 aromatic carbocycles. The summed E-state index contributed by atoms with van der Waals surface area (Å²) in [5, 5.41) is 29.1. The Morgan fingerprint density at radius 1 is 1.31 bits per heavy atom. The topological polar surface area (TPSA) is 124 Å². The summed E-state index contributed by atoms with van der Waals surface area (Å²) in [6, 6.07) is -1.19. The fourth-order valence-corrected chi connectivity index (χ4v) is 3.14. The number of likely N-dealkylation sites (tertiary alicyclic amines) is 1. The van der Waals surface area contributed by atoms with Gasteiger partial charge in [-0.05, 0) is 33.1 Å². The van der Waals surface area contributed by atoms with Crippen molar-refractivity contribution in [1.82, 2.24) is 4.90 Å². The number of carboxylic acid groups (broad SMARTS) is 2. The van der Waals surface area contributed by atoms with Gasteiger partial charge in [-0.2, -0.15) is 0 Å². The van der Waals surface area contributed by atoms with Crippen LogP contribution in [0.3, 0.4) is 0 Å². The van der Waals surface area contributed by atoms with Crippen molar-refractivity contribution in [1.29, 1.82) is 0 Å². The van der Waals surface area contributed by atoms with Crippen molar-refractivity contribution in [3.63, 3.8) is 0 Å². The van der Waals surface area contributed by atoms with Gasteiger partial charge in [0.05, 0.1) is 11.8 Å². The minimum absolute atomic E-state index is 0.139. The highest BCUT2D eigenvalue weighted by molar-refractivity contribution is 5.77. The second-order valence-corrected chi connectivity index (χ2v) is 7.51. The van der Waals surface area contributed by atoms with E-state index in [2.05, 4.69) is 6.58 Å². The Kier molecular flexibility index (Phi) is 7.35. The van der Waals surface area contributed by atoms with Crippen molar-refractivity contribution in [3.05, 3.63) is 12.2 Å². The zero-order valence-corrected chi connectivity index (χ0v) is 15.8. The molecule has 0 aromatic rings. The molecule has 148 valence electrons. The zero-order valence-electron chi connectivity index (χ0n) is 15.8. The summed E-state index contributed by atoms with van der Waals surface area (Å²) in [5.74, 6) is -3.92. The molecule has 1 heterocycles. The highest BCUT2D eigenvalue weighted by Crippen LogP contribution is 2.37. The molecule has 4 atom stereocenters. The number of carboxylic acids is 2. The molecular weight excluding hydrogens is 342 g/mol. The third-order valence-electron chi connectivity index (χ3n) is 5.17. The van der Waals surface area contributed by atoms with Crippen molar-refractivity contribution in [2.24, 2.45) is 17.3 Å². The number of nitrogens with zero attached hydrogens (tertiary/aromatic N) is 1. The fraction of sp³-hybridized carbons (Fsp3) is 0.722. The molecule has 0 radical (unpaired) electrons. The maximum Gasteiger partial charge on any atom is 0.321 e. The third-order valence-corrected chi connectivity index (χ3v) is 5.17. The first-order valence-electron chi connectivity index (χ1n) is 8.63. The highest BCUT2D eigenvalue weighted by atomic mass is 16.5. The van der Waals surface area contributed by atoms with Crippen molar-refractivity contribution < 1.29 is 34.4 Å². The van der Waals surface area contributed by atoms with Gasteiger partial charge >= 0.3 is 17.9 Å². The molecule has 3 N–H and O–H groups in total. The molecule has 26 heavy (non-hydrogen) atoms. The van der Waals surface area contributed by atoms with E-state index in [9.17, 15) is 24.6 Å². The Morgan fingerprint density at radius 3 is 2.31 bits per heavy atom. The number of ether oxygens (including phenoxy) is 1. The second-order valence-electron chi connectivity index (χ2n) is 7.51. The van der Waals surface area contributed by atoms with E-state index in [-0.39, 0.29) is 25.5 Å². The van der Waals surface area contributed by atoms with Crippen LogP contribution in [0.25, 0.3) is 0 Å². The average Bonchev–Trinajstić information content (AvgIpc) is 2.91. The number of rotatable bonds is 9. The van der Waals surface area contributed by atoms with Crippen LogP contribution in [0.1, 0.15) is 40.5 Å². The van der Waals surface area contributed by atoms with Gasteiger partial charge in [0.15, 0.2) is 0 Å². The molecule has 8 nitrogen and oxygen atoms in total. The second kappa shape index (κ2) is 8.64. The molecule has 1 rings (SSSR count). The summed E-state index contributed by atoms with van der Waals surface area (Å²) < 4.78 is 5.15. The van der Waals surface area contributed by atoms with E-state index in [0.717, 1.165) is 0 Å². The summed E-state index contributed by atoms with van der Waals surface area (Å²) in [5.41, 5.74) is -0.0514. The molecule has 0 aromatic heterocycles. The fourth-order valence-electron chi connectivity index (χ4n) is 3.14. The van der Waals surface area contributed by atoms with Gasteiger partial charge in [-0.25, -0.2) is 0 Å². The van der Waals surface area contributed by atoms with Gasteiger partial charge in [0.1, 0.15) is 18.9 Å². The maximum atomic E-state index is 12.1. The number of aliphatic hydroxyl groups excluding tert-OH is 1. The molecule has 0 spiro atoms. The van der Waals surface area contributed by atoms with Crippen molar-refractivity contribution in [2.45, 2.75) is 52.8 Å². The number of aliphatic hydroxyl groups is 1. The first-order valence-corrected chi connectivity index (χ1v) is 8.63. The van der Waals surface area contributed by atoms with Crippen LogP contribution in [0, 0.1) is 17.3 Å². The lowest BCUT2D eigenvalue weighted by molar-refractivity contribution is -0.164. The van der Waals surface area contributed by atoms with Crippen LogP contribution in [-0.4, -0.2) is 63.5 Å². The van der Waals surface area contributed by atoms with Crippen LogP contribution >= 0.6 is 0 Å². The van der Waals surface area contributed by atoms with Crippen LogP contribution < -0.4 is 0 Å². The molecule has 1 aliphatic rings. The van der Waals surface area contributed by atoms with Crippen molar-refractivity contribution in [2.75, 3.05) is 13.2 Å². The Balaban J connectivity index is 2.94. The lowest BCUT2D eigenvalue weighted by atomic mass is 9.84. The first kappa shape index (κ1) is 22.1. The molecule has 1 fully saturated rings. The number of esters is 1. The van der Waals surface area contributed by atoms with Crippen LogP contribution in [-0.2, 0) is 19.1 Å². The SMILES string of the molecule is C=C(C)C1CN(C(O)COC(=O)C(C)(C)CC)C(C(=O)O)C1CC(=O)O. The Bertz CT molecular complexity index is 572. The molecule has 0 bridgehead atoms. The Labute approximate surface area is 153 Å².